The normalized spacial score (nSPS) is 11.4. The molecule has 3 nitrogen and oxygen atoms in total. The second-order valence-electron chi connectivity index (χ2n) is 8.77. The van der Waals surface area contributed by atoms with E-state index in [1.807, 2.05) is 6.07 Å². The molecule has 0 saturated carbocycles. The molecule has 0 fully saturated rings. The van der Waals surface area contributed by atoms with Crippen LogP contribution >= 0.6 is 0 Å². The molecule has 1 aromatic carbocycles. The molecule has 0 aliphatic carbocycles. The van der Waals surface area contributed by atoms with E-state index in [0.717, 1.165) is 12.8 Å². The number of rotatable bonds is 17. The maximum Gasteiger partial charge on any atom is 0.343 e. The minimum absolute atomic E-state index is 0.0998. The van der Waals surface area contributed by atoms with Gasteiger partial charge in [-0.05, 0) is 25.0 Å². The molecular formula is C27H42O3. The van der Waals surface area contributed by atoms with Gasteiger partial charge in [0.2, 0.25) is 0 Å². The van der Waals surface area contributed by atoms with Gasteiger partial charge in [-0.15, -0.1) is 0 Å². The Morgan fingerprint density at radius 3 is 1.70 bits per heavy atom. The van der Waals surface area contributed by atoms with Crippen LogP contribution in [0.1, 0.15) is 115 Å². The van der Waals surface area contributed by atoms with E-state index in [1.54, 1.807) is 18.2 Å². The van der Waals surface area contributed by atoms with E-state index < -0.39 is 5.63 Å². The maximum absolute atomic E-state index is 12.1. The van der Waals surface area contributed by atoms with Crippen LogP contribution in [0.25, 0.3) is 11.0 Å². The van der Waals surface area contributed by atoms with Crippen molar-refractivity contribution in [1.82, 2.24) is 0 Å². The van der Waals surface area contributed by atoms with Crippen LogP contribution in [0.15, 0.2) is 33.5 Å². The maximum atomic E-state index is 12.1. The Balaban J connectivity index is 1.46. The summed E-state index contributed by atoms with van der Waals surface area (Å²) in [6.45, 7) is 2.28. The molecule has 0 atom stereocenters. The summed E-state index contributed by atoms with van der Waals surface area (Å²) >= 11 is 0. The molecule has 2 rings (SSSR count). The number of para-hydroxylation sites is 1. The first-order valence-electron chi connectivity index (χ1n) is 12.5. The van der Waals surface area contributed by atoms with Gasteiger partial charge in [0.25, 0.3) is 0 Å². The number of fused-ring (bicyclic) bond motifs is 1. The van der Waals surface area contributed by atoms with Crippen molar-refractivity contribution >= 4 is 11.0 Å². The lowest BCUT2D eigenvalue weighted by molar-refractivity contribution is 0.453. The lowest BCUT2D eigenvalue weighted by Gasteiger charge is -2.06. The Hall–Kier alpha value is -1.77. The first kappa shape index (κ1) is 24.5. The Morgan fingerprint density at radius 2 is 1.17 bits per heavy atom. The molecule has 1 aromatic heterocycles. The molecule has 0 spiro atoms. The average Bonchev–Trinajstić information content (AvgIpc) is 2.75. The van der Waals surface area contributed by atoms with Gasteiger partial charge in [0.05, 0.1) is 10.9 Å². The summed E-state index contributed by atoms with van der Waals surface area (Å²) < 4.78 is 5.34. The molecule has 30 heavy (non-hydrogen) atoms. The average molecular weight is 415 g/mol. The summed E-state index contributed by atoms with van der Waals surface area (Å²) in [6.07, 6.45) is 21.8. The molecule has 168 valence electrons. The van der Waals surface area contributed by atoms with Crippen molar-refractivity contribution in [3.8, 4) is 5.75 Å². The molecule has 1 N–H and O–H groups in total. The Bertz CT molecular complexity index is 762. The van der Waals surface area contributed by atoms with Gasteiger partial charge in [-0.3, -0.25) is 0 Å². The zero-order chi connectivity index (χ0) is 21.4. The van der Waals surface area contributed by atoms with Crippen LogP contribution in [0.5, 0.6) is 5.75 Å². The van der Waals surface area contributed by atoms with Gasteiger partial charge < -0.3 is 9.52 Å². The molecule has 0 amide bonds. The Morgan fingerprint density at radius 1 is 0.700 bits per heavy atom. The highest BCUT2D eigenvalue weighted by atomic mass is 16.4. The van der Waals surface area contributed by atoms with Gasteiger partial charge >= 0.3 is 5.63 Å². The Labute approximate surface area is 182 Å². The van der Waals surface area contributed by atoms with Crippen molar-refractivity contribution in [2.45, 2.75) is 116 Å². The number of unbranched alkanes of at least 4 members (excludes halogenated alkanes) is 15. The summed E-state index contributed by atoms with van der Waals surface area (Å²) in [6, 6.07) is 7.17. The summed E-state index contributed by atoms with van der Waals surface area (Å²) in [4.78, 5) is 12.1. The SMILES string of the molecule is CCCCCCCCCCCCCCCCCCc1c(O)c2ccccc2oc1=O. The quantitative estimate of drug-likeness (QED) is 0.209. The van der Waals surface area contributed by atoms with Gasteiger partial charge in [0.1, 0.15) is 11.3 Å². The zero-order valence-corrected chi connectivity index (χ0v) is 19.1. The second-order valence-corrected chi connectivity index (χ2v) is 8.77. The molecule has 0 saturated heterocycles. The third-order valence-corrected chi connectivity index (χ3v) is 6.16. The molecule has 0 aliphatic heterocycles. The molecular weight excluding hydrogens is 372 g/mol. The standard InChI is InChI=1S/C27H42O3/c1-2-3-4-5-6-7-8-9-10-11-12-13-14-15-16-17-21-24-26(28)23-20-18-19-22-25(23)30-27(24)29/h18-20,22,28H,2-17,21H2,1H3. The molecule has 1 heterocycles. The lowest BCUT2D eigenvalue weighted by Crippen LogP contribution is -2.07. The zero-order valence-electron chi connectivity index (χ0n) is 19.1. The third kappa shape index (κ3) is 8.93. The first-order chi connectivity index (χ1) is 14.7. The van der Waals surface area contributed by atoms with E-state index in [2.05, 4.69) is 6.92 Å². The Kier molecular flexibility index (Phi) is 12.3. The van der Waals surface area contributed by atoms with Gasteiger partial charge in [-0.25, -0.2) is 4.79 Å². The van der Waals surface area contributed by atoms with Crippen molar-refractivity contribution in [2.75, 3.05) is 0 Å². The van der Waals surface area contributed by atoms with Crippen LogP contribution in [0.3, 0.4) is 0 Å². The lowest BCUT2D eigenvalue weighted by atomic mass is 10.0. The van der Waals surface area contributed by atoms with Gasteiger partial charge in [0, 0.05) is 0 Å². The van der Waals surface area contributed by atoms with Crippen molar-refractivity contribution in [3.05, 3.63) is 40.2 Å². The van der Waals surface area contributed by atoms with Crippen LogP contribution < -0.4 is 5.63 Å². The van der Waals surface area contributed by atoms with E-state index in [9.17, 15) is 9.90 Å². The van der Waals surface area contributed by atoms with Gasteiger partial charge in [0.15, 0.2) is 0 Å². The predicted octanol–water partition coefficient (Wildman–Crippen LogP) is 8.30. The number of aromatic hydroxyl groups is 1. The fourth-order valence-corrected chi connectivity index (χ4v) is 4.24. The van der Waals surface area contributed by atoms with Crippen molar-refractivity contribution in [3.63, 3.8) is 0 Å². The molecule has 0 aliphatic rings. The number of hydrogen-bond donors (Lipinski definition) is 1. The molecule has 2 aromatic rings. The minimum atomic E-state index is -0.396. The van der Waals surface area contributed by atoms with E-state index >= 15 is 0 Å². The van der Waals surface area contributed by atoms with E-state index in [4.69, 9.17) is 4.42 Å². The van der Waals surface area contributed by atoms with Gasteiger partial charge in [-0.2, -0.15) is 0 Å². The smallest absolute Gasteiger partial charge is 0.343 e. The monoisotopic (exact) mass is 414 g/mol. The van der Waals surface area contributed by atoms with Gasteiger partial charge in [-0.1, -0.05) is 115 Å². The molecule has 0 bridgehead atoms. The summed E-state index contributed by atoms with van der Waals surface area (Å²) in [5, 5.41) is 11.0. The summed E-state index contributed by atoms with van der Waals surface area (Å²) in [5.41, 5.74) is 0.488. The number of benzene rings is 1. The minimum Gasteiger partial charge on any atom is -0.507 e. The second kappa shape index (κ2) is 15.1. The fourth-order valence-electron chi connectivity index (χ4n) is 4.24. The highest BCUT2D eigenvalue weighted by Gasteiger charge is 2.12. The highest BCUT2D eigenvalue weighted by Crippen LogP contribution is 2.27. The topological polar surface area (TPSA) is 50.4 Å². The molecule has 0 radical (unpaired) electrons. The van der Waals surface area contributed by atoms with E-state index in [1.165, 1.54) is 89.9 Å². The fraction of sp³-hybridized carbons (Fsp3) is 0.667. The van der Waals surface area contributed by atoms with Crippen LogP contribution in [0, 0.1) is 0 Å². The van der Waals surface area contributed by atoms with Crippen LogP contribution in [-0.4, -0.2) is 5.11 Å². The van der Waals surface area contributed by atoms with Crippen molar-refractivity contribution in [2.24, 2.45) is 0 Å². The van der Waals surface area contributed by atoms with E-state index in [-0.39, 0.29) is 5.75 Å². The van der Waals surface area contributed by atoms with Crippen LogP contribution in [0.4, 0.5) is 0 Å². The predicted molar refractivity (Wildman–Crippen MR) is 127 cm³/mol. The van der Waals surface area contributed by atoms with Crippen LogP contribution in [0.2, 0.25) is 0 Å². The first-order valence-corrected chi connectivity index (χ1v) is 12.5. The summed E-state index contributed by atoms with van der Waals surface area (Å²) in [5.74, 6) is 0.0998. The largest absolute Gasteiger partial charge is 0.507 e. The molecule has 0 unspecified atom stereocenters. The highest BCUT2D eigenvalue weighted by molar-refractivity contribution is 5.83. The third-order valence-electron chi connectivity index (χ3n) is 6.16. The van der Waals surface area contributed by atoms with E-state index in [0.29, 0.717) is 23.0 Å². The molecule has 3 heteroatoms. The van der Waals surface area contributed by atoms with Crippen LogP contribution in [-0.2, 0) is 6.42 Å². The van der Waals surface area contributed by atoms with Crippen molar-refractivity contribution in [1.29, 1.82) is 0 Å². The number of hydrogen-bond acceptors (Lipinski definition) is 3. The van der Waals surface area contributed by atoms with Crippen molar-refractivity contribution < 1.29 is 9.52 Å². The summed E-state index contributed by atoms with van der Waals surface area (Å²) in [7, 11) is 0.